The third-order valence-corrected chi connectivity index (χ3v) is 5.21. The van der Waals surface area contributed by atoms with Gasteiger partial charge >= 0.3 is 6.18 Å². The Labute approximate surface area is 174 Å². The Bertz CT molecular complexity index is 1200. The zero-order valence-electron chi connectivity index (χ0n) is 16.2. The van der Waals surface area contributed by atoms with E-state index in [-0.39, 0.29) is 11.6 Å². The van der Waals surface area contributed by atoms with E-state index in [1.807, 2.05) is 31.2 Å². The molecule has 4 rings (SSSR count). The van der Waals surface area contributed by atoms with E-state index in [1.54, 1.807) is 6.07 Å². The van der Waals surface area contributed by atoms with Crippen LogP contribution in [0.25, 0.3) is 0 Å². The van der Waals surface area contributed by atoms with Crippen molar-refractivity contribution in [3.63, 3.8) is 0 Å². The molecule has 3 aromatic carbocycles. The van der Waals surface area contributed by atoms with Gasteiger partial charge in [0.1, 0.15) is 5.82 Å². The first-order valence-corrected chi connectivity index (χ1v) is 9.35. The number of hydrogen-bond acceptors (Lipinski definition) is 2. The number of halogens is 4. The normalized spacial score (nSPS) is 15.4. The van der Waals surface area contributed by atoms with E-state index in [2.05, 4.69) is 10.6 Å². The van der Waals surface area contributed by atoms with Crippen LogP contribution in [0.4, 0.5) is 23.2 Å². The summed E-state index contributed by atoms with van der Waals surface area (Å²) in [5.74, 6) is -3.03. The molecule has 2 N–H and O–H groups in total. The first-order valence-electron chi connectivity index (χ1n) is 9.35. The number of amides is 2. The quantitative estimate of drug-likeness (QED) is 0.561. The van der Waals surface area contributed by atoms with Crippen molar-refractivity contribution in [1.82, 2.24) is 5.32 Å². The van der Waals surface area contributed by atoms with E-state index >= 15 is 0 Å². The van der Waals surface area contributed by atoms with Gasteiger partial charge in [-0.1, -0.05) is 36.4 Å². The van der Waals surface area contributed by atoms with E-state index in [1.165, 1.54) is 12.1 Å². The van der Waals surface area contributed by atoms with Crippen LogP contribution >= 0.6 is 0 Å². The van der Waals surface area contributed by atoms with Crippen LogP contribution in [0.2, 0.25) is 0 Å². The maximum atomic E-state index is 14.4. The molecule has 158 valence electrons. The van der Waals surface area contributed by atoms with Crippen molar-refractivity contribution in [1.29, 1.82) is 0 Å². The fraction of sp³-hybridized carbons (Fsp3) is 0.130. The highest BCUT2D eigenvalue weighted by molar-refractivity contribution is 6.08. The van der Waals surface area contributed by atoms with E-state index in [9.17, 15) is 27.2 Å². The number of alkyl halides is 3. The molecule has 0 aliphatic carbocycles. The molecule has 3 aromatic rings. The van der Waals surface area contributed by atoms with Gasteiger partial charge in [-0.15, -0.1) is 0 Å². The Morgan fingerprint density at radius 3 is 2.42 bits per heavy atom. The van der Waals surface area contributed by atoms with Gasteiger partial charge < -0.3 is 10.6 Å². The first-order chi connectivity index (χ1) is 14.7. The zero-order chi connectivity index (χ0) is 22.3. The van der Waals surface area contributed by atoms with Gasteiger partial charge in [0.05, 0.1) is 17.2 Å². The highest BCUT2D eigenvalue weighted by Crippen LogP contribution is 2.38. The van der Waals surface area contributed by atoms with Crippen LogP contribution in [0.15, 0.2) is 60.7 Å². The molecule has 2 amide bonds. The standard InChI is InChI=1S/C23H16F4N2O2/c1-12-6-2-3-7-13(12)20-18-14(21(30)29-20)8-5-11-17(18)28-22(31)15-9-4-10-16(19(15)24)23(25,26)27/h2-11,20H,1H3,(H,28,31)(H,29,30). The fourth-order valence-electron chi connectivity index (χ4n) is 3.72. The summed E-state index contributed by atoms with van der Waals surface area (Å²) < 4.78 is 53.4. The Hall–Kier alpha value is -3.68. The Morgan fingerprint density at radius 1 is 1.00 bits per heavy atom. The van der Waals surface area contributed by atoms with Gasteiger partial charge in [0.15, 0.2) is 0 Å². The van der Waals surface area contributed by atoms with Crippen molar-refractivity contribution in [3.8, 4) is 0 Å². The van der Waals surface area contributed by atoms with Gasteiger partial charge in [-0.05, 0) is 42.3 Å². The number of fused-ring (bicyclic) bond motifs is 1. The lowest BCUT2D eigenvalue weighted by Crippen LogP contribution is -2.21. The molecule has 0 saturated heterocycles. The van der Waals surface area contributed by atoms with Crippen molar-refractivity contribution in [3.05, 3.63) is 99.9 Å². The monoisotopic (exact) mass is 428 g/mol. The largest absolute Gasteiger partial charge is 0.419 e. The van der Waals surface area contributed by atoms with Crippen molar-refractivity contribution >= 4 is 17.5 Å². The summed E-state index contributed by atoms with van der Waals surface area (Å²) >= 11 is 0. The molecule has 1 unspecified atom stereocenters. The van der Waals surface area contributed by atoms with Crippen LogP contribution in [-0.2, 0) is 6.18 Å². The third-order valence-electron chi connectivity index (χ3n) is 5.21. The van der Waals surface area contributed by atoms with Gasteiger partial charge in [-0.3, -0.25) is 9.59 Å². The number of anilines is 1. The van der Waals surface area contributed by atoms with Crippen LogP contribution in [0, 0.1) is 12.7 Å². The Morgan fingerprint density at radius 2 is 1.71 bits per heavy atom. The minimum absolute atomic E-state index is 0.214. The zero-order valence-corrected chi connectivity index (χ0v) is 16.2. The van der Waals surface area contributed by atoms with Crippen molar-refractivity contribution in [2.45, 2.75) is 19.1 Å². The van der Waals surface area contributed by atoms with Gasteiger partial charge in [0.25, 0.3) is 11.8 Å². The highest BCUT2D eigenvalue weighted by Gasteiger charge is 2.36. The molecular formula is C23H16F4N2O2. The number of aryl methyl sites for hydroxylation is 1. The van der Waals surface area contributed by atoms with Crippen molar-refractivity contribution < 1.29 is 27.2 Å². The fourth-order valence-corrected chi connectivity index (χ4v) is 3.72. The predicted molar refractivity (Wildman–Crippen MR) is 106 cm³/mol. The number of rotatable bonds is 3. The summed E-state index contributed by atoms with van der Waals surface area (Å²) in [4.78, 5) is 25.2. The molecule has 0 saturated carbocycles. The second-order valence-corrected chi connectivity index (χ2v) is 7.15. The average molecular weight is 428 g/mol. The van der Waals surface area contributed by atoms with Gasteiger partial charge in [0.2, 0.25) is 0 Å². The number of nitrogens with one attached hydrogen (secondary N) is 2. The van der Waals surface area contributed by atoms with Crippen LogP contribution < -0.4 is 10.6 Å². The van der Waals surface area contributed by atoms with Crippen LogP contribution in [-0.4, -0.2) is 11.8 Å². The molecule has 0 bridgehead atoms. The molecule has 1 aliphatic heterocycles. The van der Waals surface area contributed by atoms with E-state index in [0.29, 0.717) is 17.2 Å². The van der Waals surface area contributed by atoms with Gasteiger partial charge in [0, 0.05) is 16.8 Å². The molecule has 8 heteroatoms. The summed E-state index contributed by atoms with van der Waals surface area (Å²) in [5, 5.41) is 5.34. The Balaban J connectivity index is 1.75. The van der Waals surface area contributed by atoms with Gasteiger partial charge in [-0.25, -0.2) is 4.39 Å². The molecule has 1 atom stereocenters. The third kappa shape index (κ3) is 3.65. The molecule has 0 fully saturated rings. The van der Waals surface area contributed by atoms with Crippen molar-refractivity contribution in [2.75, 3.05) is 5.32 Å². The summed E-state index contributed by atoms with van der Waals surface area (Å²) in [5.41, 5.74) is 0.474. The molecule has 1 aliphatic rings. The smallest absolute Gasteiger partial charge is 0.341 e. The first kappa shape index (κ1) is 20.6. The van der Waals surface area contributed by atoms with E-state index in [4.69, 9.17) is 0 Å². The lowest BCUT2D eigenvalue weighted by molar-refractivity contribution is -0.140. The van der Waals surface area contributed by atoms with Crippen LogP contribution in [0.5, 0.6) is 0 Å². The minimum atomic E-state index is -4.93. The number of hydrogen-bond donors (Lipinski definition) is 2. The second kappa shape index (κ2) is 7.54. The molecule has 0 spiro atoms. The predicted octanol–water partition coefficient (Wildman–Crippen LogP) is 5.24. The molecule has 0 radical (unpaired) electrons. The number of carbonyl (C=O) groups excluding carboxylic acids is 2. The van der Waals surface area contributed by atoms with Crippen LogP contribution in [0.3, 0.4) is 0 Å². The summed E-state index contributed by atoms with van der Waals surface area (Å²) in [7, 11) is 0. The number of benzene rings is 3. The lowest BCUT2D eigenvalue weighted by Gasteiger charge is -2.18. The molecular weight excluding hydrogens is 412 g/mol. The lowest BCUT2D eigenvalue weighted by atomic mass is 9.93. The average Bonchev–Trinajstić information content (AvgIpc) is 3.05. The maximum absolute atomic E-state index is 14.4. The van der Waals surface area contributed by atoms with E-state index < -0.39 is 35.1 Å². The summed E-state index contributed by atoms with van der Waals surface area (Å²) in [6, 6.07) is 14.0. The SMILES string of the molecule is Cc1ccccc1C1NC(=O)c2cccc(NC(=O)c3cccc(C(F)(F)F)c3F)c21. The van der Waals surface area contributed by atoms with Crippen molar-refractivity contribution in [2.24, 2.45) is 0 Å². The van der Waals surface area contributed by atoms with E-state index in [0.717, 1.165) is 23.3 Å². The summed E-state index contributed by atoms with van der Waals surface area (Å²) in [6.07, 6.45) is -4.93. The highest BCUT2D eigenvalue weighted by atomic mass is 19.4. The number of carbonyl (C=O) groups is 2. The molecule has 4 nitrogen and oxygen atoms in total. The second-order valence-electron chi connectivity index (χ2n) is 7.15. The summed E-state index contributed by atoms with van der Waals surface area (Å²) in [6.45, 7) is 1.87. The Kier molecular flexibility index (Phi) is 5.00. The van der Waals surface area contributed by atoms with Gasteiger partial charge in [-0.2, -0.15) is 13.2 Å². The molecule has 0 aromatic heterocycles. The topological polar surface area (TPSA) is 58.2 Å². The maximum Gasteiger partial charge on any atom is 0.419 e. The molecule has 1 heterocycles. The van der Waals surface area contributed by atoms with Crippen LogP contribution in [0.1, 0.15) is 49.0 Å². The minimum Gasteiger partial charge on any atom is -0.341 e. The molecule has 31 heavy (non-hydrogen) atoms.